The van der Waals surface area contributed by atoms with Crippen molar-refractivity contribution in [1.29, 1.82) is 0 Å². The Balaban J connectivity index is 1.53. The van der Waals surface area contributed by atoms with Crippen molar-refractivity contribution in [2.24, 2.45) is 0 Å². The van der Waals surface area contributed by atoms with Crippen LogP contribution >= 0.6 is 39.0 Å². The van der Waals surface area contributed by atoms with Crippen LogP contribution in [0.4, 0.5) is 16.5 Å². The number of aromatic nitrogens is 2. The van der Waals surface area contributed by atoms with Gasteiger partial charge < -0.3 is 10.6 Å². The highest BCUT2D eigenvalue weighted by Crippen LogP contribution is 2.28. The fourth-order valence-corrected chi connectivity index (χ4v) is 4.01. The summed E-state index contributed by atoms with van der Waals surface area (Å²) < 4.78 is 1.74. The molecule has 0 bridgehead atoms. The number of anilines is 3. The number of nitrogens with one attached hydrogen (secondary N) is 2. The van der Waals surface area contributed by atoms with E-state index in [4.69, 9.17) is 0 Å². The smallest absolute Gasteiger partial charge is 0.234 e. The topological polar surface area (TPSA) is 66.9 Å². The van der Waals surface area contributed by atoms with Gasteiger partial charge in [-0.1, -0.05) is 63.3 Å². The van der Waals surface area contributed by atoms with E-state index in [1.165, 1.54) is 23.1 Å². The molecular formula is C17H15BrN4OS2. The van der Waals surface area contributed by atoms with Crippen molar-refractivity contribution in [2.45, 2.75) is 11.3 Å². The fourth-order valence-electron chi connectivity index (χ4n) is 2.04. The second kappa shape index (κ2) is 8.46. The molecule has 25 heavy (non-hydrogen) atoms. The largest absolute Gasteiger partial charge is 0.330 e. The minimum absolute atomic E-state index is 0.0593. The molecule has 8 heteroatoms. The number of para-hydroxylation sites is 1. The third-order valence-electron chi connectivity index (χ3n) is 3.23. The van der Waals surface area contributed by atoms with Gasteiger partial charge in [0.1, 0.15) is 0 Å². The first-order valence-electron chi connectivity index (χ1n) is 7.44. The highest BCUT2D eigenvalue weighted by Gasteiger charge is 2.09. The number of nitrogens with zero attached hydrogens (tertiary/aromatic N) is 2. The Hall–Kier alpha value is -1.90. The molecule has 2 N–H and O–H groups in total. The van der Waals surface area contributed by atoms with Gasteiger partial charge in [-0.25, -0.2) is 0 Å². The van der Waals surface area contributed by atoms with E-state index in [1.807, 2.05) is 55.5 Å². The van der Waals surface area contributed by atoms with Crippen molar-refractivity contribution in [3.8, 4) is 0 Å². The lowest BCUT2D eigenvalue weighted by atomic mass is 10.2. The Morgan fingerprint density at radius 3 is 2.84 bits per heavy atom. The molecule has 0 radical (unpaired) electrons. The zero-order chi connectivity index (χ0) is 17.6. The molecule has 0 fully saturated rings. The summed E-state index contributed by atoms with van der Waals surface area (Å²) in [5.41, 5.74) is 2.80. The standard InChI is InChI=1S/C17H15BrN4OS2/c1-11-5-2-3-8-14(11)20-15(23)10-24-17-22-21-16(25-17)19-13-7-4-6-12(18)9-13/h2-9H,10H2,1H3,(H,19,21)(H,20,23). The Kier molecular flexibility index (Phi) is 6.06. The summed E-state index contributed by atoms with van der Waals surface area (Å²) in [6, 6.07) is 15.5. The second-order valence-electron chi connectivity index (χ2n) is 5.16. The molecular weight excluding hydrogens is 420 g/mol. The maximum Gasteiger partial charge on any atom is 0.234 e. The Bertz CT molecular complexity index is 884. The molecule has 0 aliphatic carbocycles. The van der Waals surface area contributed by atoms with Gasteiger partial charge in [0.15, 0.2) is 4.34 Å². The third-order valence-corrected chi connectivity index (χ3v) is 5.69. The van der Waals surface area contributed by atoms with Crippen LogP contribution in [0.3, 0.4) is 0 Å². The van der Waals surface area contributed by atoms with Crippen LogP contribution in [-0.2, 0) is 4.79 Å². The van der Waals surface area contributed by atoms with Crippen LogP contribution in [-0.4, -0.2) is 21.9 Å². The summed E-state index contributed by atoms with van der Waals surface area (Å²) in [6.07, 6.45) is 0. The van der Waals surface area contributed by atoms with E-state index in [1.54, 1.807) is 0 Å². The number of rotatable bonds is 6. The average molecular weight is 435 g/mol. The predicted molar refractivity (Wildman–Crippen MR) is 108 cm³/mol. The monoisotopic (exact) mass is 434 g/mol. The van der Waals surface area contributed by atoms with E-state index >= 15 is 0 Å². The van der Waals surface area contributed by atoms with Gasteiger partial charge in [-0.15, -0.1) is 10.2 Å². The quantitative estimate of drug-likeness (QED) is 0.529. The van der Waals surface area contributed by atoms with Crippen LogP contribution in [0, 0.1) is 6.92 Å². The van der Waals surface area contributed by atoms with E-state index in [9.17, 15) is 4.79 Å². The Labute approximate surface area is 162 Å². The summed E-state index contributed by atoms with van der Waals surface area (Å²) in [7, 11) is 0. The van der Waals surface area contributed by atoms with Crippen molar-refractivity contribution in [3.63, 3.8) is 0 Å². The molecule has 0 saturated carbocycles. The zero-order valence-electron chi connectivity index (χ0n) is 13.3. The highest BCUT2D eigenvalue weighted by molar-refractivity contribution is 9.10. The lowest BCUT2D eigenvalue weighted by Gasteiger charge is -2.06. The van der Waals surface area contributed by atoms with E-state index in [0.717, 1.165) is 25.8 Å². The summed E-state index contributed by atoms with van der Waals surface area (Å²) in [4.78, 5) is 12.1. The first-order chi connectivity index (χ1) is 12.1. The maximum atomic E-state index is 12.1. The lowest BCUT2D eigenvalue weighted by Crippen LogP contribution is -2.14. The molecule has 3 aromatic rings. The molecule has 0 atom stereocenters. The van der Waals surface area contributed by atoms with Gasteiger partial charge in [-0.3, -0.25) is 4.79 Å². The fraction of sp³-hybridized carbons (Fsp3) is 0.118. The molecule has 1 amide bonds. The van der Waals surface area contributed by atoms with E-state index in [2.05, 4.69) is 36.8 Å². The van der Waals surface area contributed by atoms with Crippen molar-refractivity contribution < 1.29 is 4.79 Å². The molecule has 128 valence electrons. The minimum Gasteiger partial charge on any atom is -0.330 e. The number of hydrogen-bond acceptors (Lipinski definition) is 6. The first-order valence-corrected chi connectivity index (χ1v) is 10.0. The molecule has 2 aromatic carbocycles. The van der Waals surface area contributed by atoms with Gasteiger partial charge in [0, 0.05) is 15.8 Å². The van der Waals surface area contributed by atoms with E-state index in [0.29, 0.717) is 10.9 Å². The molecule has 0 spiro atoms. The number of thioether (sulfide) groups is 1. The van der Waals surface area contributed by atoms with E-state index < -0.39 is 0 Å². The van der Waals surface area contributed by atoms with Crippen molar-refractivity contribution in [2.75, 3.05) is 16.4 Å². The van der Waals surface area contributed by atoms with Gasteiger partial charge in [-0.2, -0.15) is 0 Å². The third kappa shape index (κ3) is 5.29. The van der Waals surface area contributed by atoms with Crippen LogP contribution in [0.25, 0.3) is 0 Å². The normalized spacial score (nSPS) is 10.5. The highest BCUT2D eigenvalue weighted by atomic mass is 79.9. The predicted octanol–water partition coefficient (Wildman–Crippen LogP) is 5.08. The first kappa shape index (κ1) is 17.9. The number of carbonyl (C=O) groups excluding carboxylic acids is 1. The number of hydrogen-bond donors (Lipinski definition) is 2. The molecule has 1 aromatic heterocycles. The average Bonchev–Trinajstić information content (AvgIpc) is 3.03. The van der Waals surface area contributed by atoms with Gasteiger partial charge in [0.2, 0.25) is 11.0 Å². The minimum atomic E-state index is -0.0593. The van der Waals surface area contributed by atoms with Gasteiger partial charge in [0.05, 0.1) is 5.75 Å². The maximum absolute atomic E-state index is 12.1. The summed E-state index contributed by atoms with van der Waals surface area (Å²) in [5, 5.41) is 15.0. The number of carbonyl (C=O) groups is 1. The van der Waals surface area contributed by atoms with Crippen LogP contribution in [0.15, 0.2) is 57.3 Å². The van der Waals surface area contributed by atoms with Gasteiger partial charge in [0.25, 0.3) is 0 Å². The van der Waals surface area contributed by atoms with E-state index in [-0.39, 0.29) is 5.91 Å². The Morgan fingerprint density at radius 1 is 1.20 bits per heavy atom. The van der Waals surface area contributed by atoms with Crippen LogP contribution in [0.5, 0.6) is 0 Å². The lowest BCUT2D eigenvalue weighted by molar-refractivity contribution is -0.113. The summed E-state index contributed by atoms with van der Waals surface area (Å²) in [5.74, 6) is 0.232. The molecule has 3 rings (SSSR count). The molecule has 0 aliphatic heterocycles. The van der Waals surface area contributed by atoms with Gasteiger partial charge >= 0.3 is 0 Å². The molecule has 0 unspecified atom stereocenters. The number of amides is 1. The van der Waals surface area contributed by atoms with Crippen molar-refractivity contribution >= 4 is 61.4 Å². The SMILES string of the molecule is Cc1ccccc1NC(=O)CSc1nnc(Nc2cccc(Br)c2)s1. The summed E-state index contributed by atoms with van der Waals surface area (Å²) in [6.45, 7) is 1.97. The Morgan fingerprint density at radius 2 is 2.04 bits per heavy atom. The zero-order valence-corrected chi connectivity index (χ0v) is 16.5. The molecule has 5 nitrogen and oxygen atoms in total. The van der Waals surface area contributed by atoms with Crippen molar-refractivity contribution in [1.82, 2.24) is 10.2 Å². The molecule has 0 saturated heterocycles. The van der Waals surface area contributed by atoms with Crippen molar-refractivity contribution in [3.05, 3.63) is 58.6 Å². The number of benzene rings is 2. The molecule has 0 aliphatic rings. The van der Waals surface area contributed by atoms with Crippen LogP contribution < -0.4 is 10.6 Å². The summed E-state index contributed by atoms with van der Waals surface area (Å²) >= 11 is 6.22. The second-order valence-corrected chi connectivity index (χ2v) is 8.28. The van der Waals surface area contributed by atoms with Gasteiger partial charge in [-0.05, 0) is 36.8 Å². The number of halogens is 1. The van der Waals surface area contributed by atoms with Crippen LogP contribution in [0.1, 0.15) is 5.56 Å². The number of aryl methyl sites for hydroxylation is 1. The molecule has 1 heterocycles. The van der Waals surface area contributed by atoms with Crippen LogP contribution in [0.2, 0.25) is 0 Å².